The molecular formula is C14H23NO2S. The molecule has 0 fully saturated rings. The van der Waals surface area contributed by atoms with Crippen molar-refractivity contribution in [3.05, 3.63) is 29.8 Å². The number of nitrogens with one attached hydrogen (secondary N) is 1. The molecule has 18 heavy (non-hydrogen) atoms. The number of ether oxygens (including phenoxy) is 1. The average Bonchev–Trinajstić information content (AvgIpc) is 2.28. The monoisotopic (exact) mass is 269 g/mol. The minimum absolute atomic E-state index is 0.200. The average molecular weight is 269 g/mol. The number of rotatable bonds is 7. The lowest BCUT2D eigenvalue weighted by Crippen LogP contribution is -2.23. The van der Waals surface area contributed by atoms with Crippen LogP contribution in [0.15, 0.2) is 24.3 Å². The summed E-state index contributed by atoms with van der Waals surface area (Å²) in [4.78, 5) is 0. The Hall–Kier alpha value is -0.870. The van der Waals surface area contributed by atoms with Crippen LogP contribution in [0.1, 0.15) is 32.4 Å². The summed E-state index contributed by atoms with van der Waals surface area (Å²) >= 11 is 0. The van der Waals surface area contributed by atoms with Crippen molar-refractivity contribution in [1.82, 2.24) is 5.32 Å². The normalized spacial score (nSPS) is 14.5. The van der Waals surface area contributed by atoms with Gasteiger partial charge in [-0.25, -0.2) is 0 Å². The molecule has 1 aromatic carbocycles. The van der Waals surface area contributed by atoms with Gasteiger partial charge in [0.2, 0.25) is 0 Å². The van der Waals surface area contributed by atoms with E-state index in [-0.39, 0.29) is 12.1 Å². The molecule has 102 valence electrons. The van der Waals surface area contributed by atoms with Crippen molar-refractivity contribution in [3.63, 3.8) is 0 Å². The second-order valence-corrected chi connectivity index (χ2v) is 6.24. The van der Waals surface area contributed by atoms with Gasteiger partial charge in [0.05, 0.1) is 6.10 Å². The highest BCUT2D eigenvalue weighted by atomic mass is 32.2. The summed E-state index contributed by atoms with van der Waals surface area (Å²) < 4.78 is 16.6. The topological polar surface area (TPSA) is 38.3 Å². The van der Waals surface area contributed by atoms with Crippen LogP contribution < -0.4 is 10.1 Å². The van der Waals surface area contributed by atoms with Crippen molar-refractivity contribution < 1.29 is 8.95 Å². The van der Waals surface area contributed by atoms with Crippen LogP contribution in [0.5, 0.6) is 5.75 Å². The van der Waals surface area contributed by atoms with Gasteiger partial charge in [-0.1, -0.05) is 12.1 Å². The van der Waals surface area contributed by atoms with E-state index < -0.39 is 10.8 Å². The van der Waals surface area contributed by atoms with Gasteiger partial charge in [0.25, 0.3) is 0 Å². The Labute approximate surface area is 112 Å². The van der Waals surface area contributed by atoms with Gasteiger partial charge in [0, 0.05) is 35.4 Å². The number of benzene rings is 1. The Morgan fingerprint density at radius 2 is 1.83 bits per heavy atom. The molecule has 0 heterocycles. The maximum Gasteiger partial charge on any atom is 0.119 e. The highest BCUT2D eigenvalue weighted by molar-refractivity contribution is 7.84. The lowest BCUT2D eigenvalue weighted by Gasteiger charge is -2.15. The lowest BCUT2D eigenvalue weighted by atomic mass is 10.1. The van der Waals surface area contributed by atoms with Crippen LogP contribution in [0.4, 0.5) is 0 Å². The minimum atomic E-state index is -0.731. The Balaban J connectivity index is 2.48. The second kappa shape index (κ2) is 7.54. The first-order chi connectivity index (χ1) is 8.49. The summed E-state index contributed by atoms with van der Waals surface area (Å²) in [5.74, 6) is 1.59. The highest BCUT2D eigenvalue weighted by Gasteiger charge is 2.05. The standard InChI is InChI=1S/C14H23NO2S/c1-11(2)17-14-7-5-13(6-8-14)12(3)15-9-10-18(4)16/h5-8,11-12,15H,9-10H2,1-4H3. The third-order valence-corrected chi connectivity index (χ3v) is 3.37. The quantitative estimate of drug-likeness (QED) is 0.826. The van der Waals surface area contributed by atoms with Gasteiger partial charge in [0.15, 0.2) is 0 Å². The van der Waals surface area contributed by atoms with Gasteiger partial charge >= 0.3 is 0 Å². The van der Waals surface area contributed by atoms with Crippen molar-refractivity contribution in [3.8, 4) is 5.75 Å². The number of hydrogen-bond acceptors (Lipinski definition) is 3. The van der Waals surface area contributed by atoms with Crippen LogP contribution in [0.3, 0.4) is 0 Å². The second-order valence-electron chi connectivity index (χ2n) is 4.69. The molecule has 0 saturated carbocycles. The van der Waals surface area contributed by atoms with E-state index >= 15 is 0 Å². The summed E-state index contributed by atoms with van der Waals surface area (Å²) in [5, 5.41) is 3.36. The molecule has 0 radical (unpaired) electrons. The third kappa shape index (κ3) is 5.65. The van der Waals surface area contributed by atoms with E-state index in [1.54, 1.807) is 6.26 Å². The SMILES string of the molecule is CC(C)Oc1ccc(C(C)NCCS(C)=O)cc1. The van der Waals surface area contributed by atoms with E-state index in [4.69, 9.17) is 4.74 Å². The van der Waals surface area contributed by atoms with Crippen molar-refractivity contribution in [2.45, 2.75) is 32.9 Å². The molecule has 0 spiro atoms. The third-order valence-electron chi connectivity index (χ3n) is 2.59. The zero-order valence-electron chi connectivity index (χ0n) is 11.6. The fourth-order valence-corrected chi connectivity index (χ4v) is 2.05. The van der Waals surface area contributed by atoms with E-state index in [9.17, 15) is 4.21 Å². The molecule has 3 nitrogen and oxygen atoms in total. The smallest absolute Gasteiger partial charge is 0.119 e. The van der Waals surface area contributed by atoms with E-state index in [1.165, 1.54) is 5.56 Å². The fraction of sp³-hybridized carbons (Fsp3) is 0.571. The Morgan fingerprint density at radius 1 is 1.22 bits per heavy atom. The van der Waals surface area contributed by atoms with Crippen LogP contribution in [0, 0.1) is 0 Å². The van der Waals surface area contributed by atoms with Crippen molar-refractivity contribution >= 4 is 10.8 Å². The lowest BCUT2D eigenvalue weighted by molar-refractivity contribution is 0.242. The van der Waals surface area contributed by atoms with E-state index in [1.807, 2.05) is 26.0 Å². The molecule has 1 N–H and O–H groups in total. The first kappa shape index (κ1) is 15.2. The van der Waals surface area contributed by atoms with E-state index in [2.05, 4.69) is 24.4 Å². The molecule has 4 heteroatoms. The molecule has 2 atom stereocenters. The van der Waals surface area contributed by atoms with Crippen LogP contribution >= 0.6 is 0 Å². The molecule has 0 saturated heterocycles. The molecule has 0 aromatic heterocycles. The molecule has 0 aliphatic rings. The Morgan fingerprint density at radius 3 is 2.33 bits per heavy atom. The van der Waals surface area contributed by atoms with Gasteiger partial charge in [-0.2, -0.15) is 0 Å². The Bertz CT molecular complexity index is 376. The first-order valence-electron chi connectivity index (χ1n) is 6.29. The van der Waals surface area contributed by atoms with Gasteiger partial charge in [-0.3, -0.25) is 4.21 Å². The molecule has 2 unspecified atom stereocenters. The predicted molar refractivity (Wildman–Crippen MR) is 77.6 cm³/mol. The largest absolute Gasteiger partial charge is 0.491 e. The van der Waals surface area contributed by atoms with Crippen LogP contribution in [-0.2, 0) is 10.8 Å². The zero-order chi connectivity index (χ0) is 13.5. The summed E-state index contributed by atoms with van der Waals surface area (Å²) in [5.41, 5.74) is 1.22. The van der Waals surface area contributed by atoms with Gasteiger partial charge in [-0.05, 0) is 38.5 Å². The molecule has 0 aliphatic carbocycles. The first-order valence-corrected chi connectivity index (χ1v) is 8.01. The molecule has 0 amide bonds. The minimum Gasteiger partial charge on any atom is -0.491 e. The van der Waals surface area contributed by atoms with Crippen molar-refractivity contribution in [2.24, 2.45) is 0 Å². The van der Waals surface area contributed by atoms with Gasteiger partial charge in [0.1, 0.15) is 5.75 Å². The van der Waals surface area contributed by atoms with E-state index in [0.717, 1.165) is 12.3 Å². The summed E-state index contributed by atoms with van der Waals surface area (Å²) in [7, 11) is -0.731. The molecule has 1 rings (SSSR count). The number of hydrogen-bond donors (Lipinski definition) is 1. The van der Waals surface area contributed by atoms with Gasteiger partial charge < -0.3 is 10.1 Å². The Kier molecular flexibility index (Phi) is 6.36. The predicted octanol–water partition coefficient (Wildman–Crippen LogP) is 2.50. The van der Waals surface area contributed by atoms with Crippen LogP contribution in [-0.4, -0.2) is 28.9 Å². The van der Waals surface area contributed by atoms with Gasteiger partial charge in [-0.15, -0.1) is 0 Å². The molecule has 0 bridgehead atoms. The maximum atomic E-state index is 11.0. The zero-order valence-corrected chi connectivity index (χ0v) is 12.4. The fourth-order valence-electron chi connectivity index (χ4n) is 1.64. The summed E-state index contributed by atoms with van der Waals surface area (Å²) in [6.45, 7) is 6.91. The van der Waals surface area contributed by atoms with Crippen molar-refractivity contribution in [1.29, 1.82) is 0 Å². The molecule has 0 aliphatic heterocycles. The van der Waals surface area contributed by atoms with Crippen LogP contribution in [0.2, 0.25) is 0 Å². The van der Waals surface area contributed by atoms with Crippen molar-refractivity contribution in [2.75, 3.05) is 18.6 Å². The molecule has 1 aromatic rings. The van der Waals surface area contributed by atoms with E-state index in [0.29, 0.717) is 5.75 Å². The highest BCUT2D eigenvalue weighted by Crippen LogP contribution is 2.18. The molecular weight excluding hydrogens is 246 g/mol. The van der Waals surface area contributed by atoms with Crippen LogP contribution in [0.25, 0.3) is 0 Å². The summed E-state index contributed by atoms with van der Waals surface area (Å²) in [6, 6.07) is 8.38. The summed E-state index contributed by atoms with van der Waals surface area (Å²) in [6.07, 6.45) is 1.93. The maximum absolute atomic E-state index is 11.0.